The van der Waals surface area contributed by atoms with Crippen LogP contribution < -0.4 is 16.0 Å². The maximum atomic E-state index is 12.5. The van der Waals surface area contributed by atoms with E-state index in [0.29, 0.717) is 27.0 Å². The summed E-state index contributed by atoms with van der Waals surface area (Å²) in [5.41, 5.74) is 3.64. The zero-order valence-electron chi connectivity index (χ0n) is 18.0. The molecule has 0 unspecified atom stereocenters. The molecule has 0 aliphatic heterocycles. The maximum Gasteiger partial charge on any atom is 0.258 e. The molecule has 0 bridgehead atoms. The predicted octanol–water partition coefficient (Wildman–Crippen LogP) is 6.13. The van der Waals surface area contributed by atoms with Crippen molar-refractivity contribution in [2.24, 2.45) is 0 Å². The molecular formula is C25H24BrN3O2S. The number of hydrogen-bond acceptors (Lipinski definition) is 3. The van der Waals surface area contributed by atoms with Crippen LogP contribution in [0.1, 0.15) is 47.1 Å². The molecule has 3 rings (SSSR count). The summed E-state index contributed by atoms with van der Waals surface area (Å²) in [5.74, 6) is -0.487. The van der Waals surface area contributed by atoms with Crippen LogP contribution in [-0.4, -0.2) is 16.9 Å². The standard InChI is InChI=1S/C25H24BrN3O2S/c1-25(2,3)17-10-8-16(9-11-17)22(30)27-18-12-14-19(15-13-18)28-24(32)29-23(31)20-6-4-5-7-21(20)26/h4-15H,1-3H3,(H,27,30)(H2,28,29,31,32). The second-order valence-electron chi connectivity index (χ2n) is 8.25. The third kappa shape index (κ3) is 6.24. The molecular weight excluding hydrogens is 486 g/mol. The van der Waals surface area contributed by atoms with E-state index >= 15 is 0 Å². The first-order valence-corrected chi connectivity index (χ1v) is 11.2. The minimum absolute atomic E-state index is 0.0372. The molecule has 0 fully saturated rings. The number of thiocarbonyl (C=S) groups is 1. The minimum Gasteiger partial charge on any atom is -0.332 e. The average Bonchev–Trinajstić information content (AvgIpc) is 2.74. The van der Waals surface area contributed by atoms with Crippen molar-refractivity contribution in [3.63, 3.8) is 0 Å². The van der Waals surface area contributed by atoms with Crippen LogP contribution in [0.2, 0.25) is 0 Å². The van der Waals surface area contributed by atoms with Crippen LogP contribution in [0.4, 0.5) is 11.4 Å². The number of rotatable bonds is 4. The van der Waals surface area contributed by atoms with E-state index in [2.05, 4.69) is 52.7 Å². The maximum absolute atomic E-state index is 12.5. The Morgan fingerprint density at radius 3 is 1.91 bits per heavy atom. The number of amides is 2. The fourth-order valence-corrected chi connectivity index (χ4v) is 3.62. The molecule has 0 atom stereocenters. The zero-order valence-corrected chi connectivity index (χ0v) is 20.4. The lowest BCUT2D eigenvalue weighted by atomic mass is 9.87. The SMILES string of the molecule is CC(C)(C)c1ccc(C(=O)Nc2ccc(NC(=S)NC(=O)c3ccccc3Br)cc2)cc1. The van der Waals surface area contributed by atoms with Crippen LogP contribution in [0.25, 0.3) is 0 Å². The average molecular weight is 510 g/mol. The Bertz CT molecular complexity index is 1140. The number of anilines is 2. The second kappa shape index (κ2) is 10.1. The van der Waals surface area contributed by atoms with Gasteiger partial charge in [-0.2, -0.15) is 0 Å². The van der Waals surface area contributed by atoms with Gasteiger partial charge in [0.25, 0.3) is 11.8 Å². The summed E-state index contributed by atoms with van der Waals surface area (Å²) in [7, 11) is 0. The number of benzene rings is 3. The summed E-state index contributed by atoms with van der Waals surface area (Å²) in [6.07, 6.45) is 0. The molecule has 164 valence electrons. The Kier molecular flexibility index (Phi) is 7.43. The predicted molar refractivity (Wildman–Crippen MR) is 137 cm³/mol. The Morgan fingerprint density at radius 2 is 1.34 bits per heavy atom. The molecule has 0 radical (unpaired) electrons. The van der Waals surface area contributed by atoms with Gasteiger partial charge in [-0.05, 0) is 87.7 Å². The fraction of sp³-hybridized carbons (Fsp3) is 0.160. The highest BCUT2D eigenvalue weighted by molar-refractivity contribution is 9.10. The van der Waals surface area contributed by atoms with Crippen LogP contribution in [0.15, 0.2) is 77.3 Å². The Morgan fingerprint density at radius 1 is 0.781 bits per heavy atom. The Balaban J connectivity index is 1.56. The third-order valence-electron chi connectivity index (χ3n) is 4.76. The third-order valence-corrected chi connectivity index (χ3v) is 5.65. The largest absolute Gasteiger partial charge is 0.332 e. The van der Waals surface area contributed by atoms with Crippen LogP contribution in [0.5, 0.6) is 0 Å². The van der Waals surface area contributed by atoms with Gasteiger partial charge in [-0.25, -0.2) is 0 Å². The molecule has 0 saturated heterocycles. The van der Waals surface area contributed by atoms with E-state index in [1.807, 2.05) is 30.3 Å². The molecule has 5 nitrogen and oxygen atoms in total. The number of halogens is 1. The lowest BCUT2D eigenvalue weighted by molar-refractivity contribution is 0.0975. The zero-order chi connectivity index (χ0) is 23.3. The van der Waals surface area contributed by atoms with E-state index in [0.717, 1.165) is 0 Å². The van der Waals surface area contributed by atoms with E-state index in [9.17, 15) is 9.59 Å². The lowest BCUT2D eigenvalue weighted by Crippen LogP contribution is -2.34. The van der Waals surface area contributed by atoms with Crippen molar-refractivity contribution in [2.45, 2.75) is 26.2 Å². The van der Waals surface area contributed by atoms with Crippen LogP contribution >= 0.6 is 28.1 Å². The molecule has 32 heavy (non-hydrogen) atoms. The summed E-state index contributed by atoms with van der Waals surface area (Å²) in [5, 5.41) is 8.68. The van der Waals surface area contributed by atoms with E-state index in [4.69, 9.17) is 12.2 Å². The number of hydrogen-bond donors (Lipinski definition) is 3. The van der Waals surface area contributed by atoms with Crippen molar-refractivity contribution in [3.8, 4) is 0 Å². The van der Waals surface area contributed by atoms with Crippen molar-refractivity contribution < 1.29 is 9.59 Å². The smallest absolute Gasteiger partial charge is 0.258 e. The van der Waals surface area contributed by atoms with Gasteiger partial charge in [0.1, 0.15) is 0 Å². The Labute approximate surface area is 201 Å². The van der Waals surface area contributed by atoms with E-state index < -0.39 is 0 Å². The van der Waals surface area contributed by atoms with Gasteiger partial charge in [-0.1, -0.05) is 45.0 Å². The van der Waals surface area contributed by atoms with Crippen molar-refractivity contribution in [2.75, 3.05) is 10.6 Å². The van der Waals surface area contributed by atoms with E-state index in [-0.39, 0.29) is 22.3 Å². The monoisotopic (exact) mass is 509 g/mol. The first-order chi connectivity index (χ1) is 15.1. The molecule has 7 heteroatoms. The summed E-state index contributed by atoms with van der Waals surface area (Å²) in [4.78, 5) is 24.9. The van der Waals surface area contributed by atoms with Crippen molar-refractivity contribution >= 4 is 56.4 Å². The quantitative estimate of drug-likeness (QED) is 0.370. The molecule has 3 N–H and O–H groups in total. The molecule has 2 amide bonds. The fourth-order valence-electron chi connectivity index (χ4n) is 2.94. The normalized spacial score (nSPS) is 10.9. The van der Waals surface area contributed by atoms with Gasteiger partial charge in [-0.3, -0.25) is 14.9 Å². The first-order valence-electron chi connectivity index (χ1n) is 10.0. The van der Waals surface area contributed by atoms with Gasteiger partial charge >= 0.3 is 0 Å². The number of nitrogens with one attached hydrogen (secondary N) is 3. The first kappa shape index (κ1) is 23.6. The highest BCUT2D eigenvalue weighted by Gasteiger charge is 2.15. The summed E-state index contributed by atoms with van der Waals surface area (Å²) < 4.78 is 0.688. The molecule has 0 aliphatic rings. The van der Waals surface area contributed by atoms with E-state index in [1.165, 1.54) is 5.56 Å². The molecule has 0 aromatic heterocycles. The second-order valence-corrected chi connectivity index (χ2v) is 9.51. The van der Waals surface area contributed by atoms with Crippen molar-refractivity contribution in [1.82, 2.24) is 5.32 Å². The number of carbonyl (C=O) groups is 2. The van der Waals surface area contributed by atoms with Gasteiger partial charge in [-0.15, -0.1) is 0 Å². The highest BCUT2D eigenvalue weighted by Crippen LogP contribution is 2.23. The van der Waals surface area contributed by atoms with Crippen LogP contribution in [-0.2, 0) is 5.41 Å². The topological polar surface area (TPSA) is 70.2 Å². The summed E-state index contributed by atoms with van der Waals surface area (Å²) in [6, 6.07) is 21.8. The minimum atomic E-state index is -0.309. The van der Waals surface area contributed by atoms with Gasteiger partial charge in [0.15, 0.2) is 5.11 Å². The van der Waals surface area contributed by atoms with E-state index in [1.54, 1.807) is 42.5 Å². The van der Waals surface area contributed by atoms with Gasteiger partial charge < -0.3 is 10.6 Å². The summed E-state index contributed by atoms with van der Waals surface area (Å²) in [6.45, 7) is 6.40. The molecule has 3 aromatic rings. The highest BCUT2D eigenvalue weighted by atomic mass is 79.9. The van der Waals surface area contributed by atoms with Crippen molar-refractivity contribution in [3.05, 3.63) is 94.0 Å². The summed E-state index contributed by atoms with van der Waals surface area (Å²) >= 11 is 8.58. The van der Waals surface area contributed by atoms with Crippen LogP contribution in [0, 0.1) is 0 Å². The molecule has 0 spiro atoms. The van der Waals surface area contributed by atoms with Gasteiger partial charge in [0, 0.05) is 21.4 Å². The molecule has 0 heterocycles. The lowest BCUT2D eigenvalue weighted by Gasteiger charge is -2.19. The van der Waals surface area contributed by atoms with Gasteiger partial charge in [0.05, 0.1) is 5.56 Å². The van der Waals surface area contributed by atoms with Crippen LogP contribution in [0.3, 0.4) is 0 Å². The molecule has 0 saturated carbocycles. The van der Waals surface area contributed by atoms with Gasteiger partial charge in [0.2, 0.25) is 0 Å². The molecule has 0 aliphatic carbocycles. The molecule has 3 aromatic carbocycles. The van der Waals surface area contributed by atoms with Crippen molar-refractivity contribution in [1.29, 1.82) is 0 Å². The number of carbonyl (C=O) groups excluding carboxylic acids is 2. The Hall–Kier alpha value is -3.03.